The monoisotopic (exact) mass is 384 g/mol. The molecule has 0 N–H and O–H groups in total. The molecule has 0 aliphatic rings. The largest absolute Gasteiger partial charge is 0.423 e. The molecular weight excluding hydrogens is 364 g/mol. The van der Waals surface area contributed by atoms with E-state index in [0.717, 1.165) is 28.3 Å². The van der Waals surface area contributed by atoms with Crippen LogP contribution in [0.25, 0.3) is 22.3 Å². The zero-order valence-corrected chi connectivity index (χ0v) is 16.1. The minimum Gasteiger partial charge on any atom is -0.423 e. The fraction of sp³-hybridized carbons (Fsp3) is 0.0400. The first kappa shape index (κ1) is 19.8. The Bertz CT molecular complexity index is 1040. The fourth-order valence-electron chi connectivity index (χ4n) is 2.64. The second-order valence-electron chi connectivity index (χ2n) is 6.42. The standard InChI is InChI=1S/C25H20O4/c1-4-24(26)28-22-13-9-20(10-14-22)18-5-7-19(8-6-18)21-11-15-23(16-12-21)29-25(27)17(2)3/h4-16H,1-2H2,3H3. The molecule has 0 atom stereocenters. The molecule has 0 saturated heterocycles. The highest BCUT2D eigenvalue weighted by atomic mass is 16.5. The topological polar surface area (TPSA) is 52.6 Å². The lowest BCUT2D eigenvalue weighted by atomic mass is 10.0. The van der Waals surface area contributed by atoms with Gasteiger partial charge in [-0.1, -0.05) is 61.7 Å². The number of carbonyl (C=O) groups excluding carboxylic acids is 2. The van der Waals surface area contributed by atoms with Crippen molar-refractivity contribution in [1.82, 2.24) is 0 Å². The van der Waals surface area contributed by atoms with Crippen LogP contribution in [0.15, 0.2) is 97.6 Å². The summed E-state index contributed by atoms with van der Waals surface area (Å²) in [4.78, 5) is 22.8. The molecule has 144 valence electrons. The van der Waals surface area contributed by atoms with Crippen LogP contribution in [0.3, 0.4) is 0 Å². The third-order valence-electron chi connectivity index (χ3n) is 4.20. The molecule has 0 aromatic heterocycles. The Morgan fingerprint density at radius 1 is 0.690 bits per heavy atom. The summed E-state index contributed by atoms with van der Waals surface area (Å²) < 4.78 is 10.3. The Kier molecular flexibility index (Phi) is 6.05. The maximum absolute atomic E-state index is 11.6. The van der Waals surface area contributed by atoms with E-state index in [1.165, 1.54) is 0 Å². The molecule has 4 nitrogen and oxygen atoms in total. The van der Waals surface area contributed by atoms with Crippen LogP contribution in [0.1, 0.15) is 6.92 Å². The number of hydrogen-bond donors (Lipinski definition) is 0. The predicted octanol–water partition coefficient (Wildman–Crippen LogP) is 5.59. The molecule has 0 radical (unpaired) electrons. The minimum absolute atomic E-state index is 0.358. The number of esters is 2. The van der Waals surface area contributed by atoms with Crippen molar-refractivity contribution in [2.24, 2.45) is 0 Å². The average molecular weight is 384 g/mol. The average Bonchev–Trinajstić information content (AvgIpc) is 2.75. The van der Waals surface area contributed by atoms with Crippen molar-refractivity contribution in [2.75, 3.05) is 0 Å². The van der Waals surface area contributed by atoms with Crippen molar-refractivity contribution in [3.05, 3.63) is 97.6 Å². The molecule has 0 aliphatic carbocycles. The second-order valence-corrected chi connectivity index (χ2v) is 6.42. The lowest BCUT2D eigenvalue weighted by Gasteiger charge is -2.08. The van der Waals surface area contributed by atoms with Gasteiger partial charge in [-0.2, -0.15) is 0 Å². The molecule has 3 rings (SSSR count). The third-order valence-corrected chi connectivity index (χ3v) is 4.20. The highest BCUT2D eigenvalue weighted by Crippen LogP contribution is 2.27. The Morgan fingerprint density at radius 3 is 1.38 bits per heavy atom. The summed E-state index contributed by atoms with van der Waals surface area (Å²) in [5.74, 6) is 0.0354. The van der Waals surface area contributed by atoms with E-state index < -0.39 is 11.9 Å². The van der Waals surface area contributed by atoms with Crippen LogP contribution in [0, 0.1) is 0 Å². The molecule has 29 heavy (non-hydrogen) atoms. The Labute approximate surface area is 169 Å². The van der Waals surface area contributed by atoms with E-state index in [2.05, 4.69) is 13.2 Å². The van der Waals surface area contributed by atoms with Crippen molar-refractivity contribution in [2.45, 2.75) is 6.92 Å². The summed E-state index contributed by atoms with van der Waals surface area (Å²) in [6, 6.07) is 22.7. The van der Waals surface area contributed by atoms with Crippen molar-refractivity contribution in [3.63, 3.8) is 0 Å². The SMILES string of the molecule is C=CC(=O)Oc1ccc(-c2ccc(-c3ccc(OC(=O)C(=C)C)cc3)cc2)cc1. The molecule has 0 fully saturated rings. The van der Waals surface area contributed by atoms with Crippen LogP contribution in [0.2, 0.25) is 0 Å². The van der Waals surface area contributed by atoms with Gasteiger partial charge in [0.2, 0.25) is 0 Å². The fourth-order valence-corrected chi connectivity index (χ4v) is 2.64. The van der Waals surface area contributed by atoms with Crippen LogP contribution < -0.4 is 9.47 Å². The summed E-state index contributed by atoms with van der Waals surface area (Å²) in [7, 11) is 0. The van der Waals surface area contributed by atoms with Gasteiger partial charge in [0.25, 0.3) is 0 Å². The van der Waals surface area contributed by atoms with Crippen LogP contribution in [0.5, 0.6) is 11.5 Å². The van der Waals surface area contributed by atoms with Crippen molar-refractivity contribution in [1.29, 1.82) is 0 Å². The summed E-state index contributed by atoms with van der Waals surface area (Å²) >= 11 is 0. The number of carbonyl (C=O) groups is 2. The summed E-state index contributed by atoms with van der Waals surface area (Å²) in [5, 5.41) is 0. The second kappa shape index (κ2) is 8.85. The van der Waals surface area contributed by atoms with E-state index in [0.29, 0.717) is 17.1 Å². The molecule has 0 amide bonds. The van der Waals surface area contributed by atoms with Gasteiger partial charge >= 0.3 is 11.9 Å². The predicted molar refractivity (Wildman–Crippen MR) is 114 cm³/mol. The summed E-state index contributed by atoms with van der Waals surface area (Å²) in [5.41, 5.74) is 4.47. The zero-order valence-electron chi connectivity index (χ0n) is 16.1. The van der Waals surface area contributed by atoms with E-state index in [9.17, 15) is 9.59 Å². The lowest BCUT2D eigenvalue weighted by molar-refractivity contribution is -0.130. The quantitative estimate of drug-likeness (QED) is 0.316. The van der Waals surface area contributed by atoms with E-state index >= 15 is 0 Å². The minimum atomic E-state index is -0.484. The van der Waals surface area contributed by atoms with Gasteiger partial charge in [0, 0.05) is 11.6 Å². The Morgan fingerprint density at radius 2 is 1.03 bits per heavy atom. The van der Waals surface area contributed by atoms with Crippen LogP contribution in [-0.2, 0) is 9.59 Å². The number of hydrogen-bond acceptors (Lipinski definition) is 4. The summed E-state index contributed by atoms with van der Waals surface area (Å²) in [6.45, 7) is 8.56. The number of benzene rings is 3. The smallest absolute Gasteiger partial charge is 0.338 e. The first-order valence-electron chi connectivity index (χ1n) is 8.99. The normalized spacial score (nSPS) is 10.1. The molecule has 3 aromatic carbocycles. The van der Waals surface area contributed by atoms with Gasteiger partial charge < -0.3 is 9.47 Å². The van der Waals surface area contributed by atoms with E-state index in [4.69, 9.17) is 9.47 Å². The van der Waals surface area contributed by atoms with Gasteiger partial charge in [-0.15, -0.1) is 0 Å². The highest BCUT2D eigenvalue weighted by molar-refractivity contribution is 5.88. The summed E-state index contributed by atoms with van der Waals surface area (Å²) in [6.07, 6.45) is 1.13. The van der Waals surface area contributed by atoms with Crippen LogP contribution >= 0.6 is 0 Å². The first-order valence-corrected chi connectivity index (χ1v) is 8.99. The Balaban J connectivity index is 1.71. The van der Waals surface area contributed by atoms with Crippen molar-refractivity contribution < 1.29 is 19.1 Å². The van der Waals surface area contributed by atoms with Gasteiger partial charge in [-0.25, -0.2) is 9.59 Å². The lowest BCUT2D eigenvalue weighted by Crippen LogP contribution is -2.07. The van der Waals surface area contributed by atoms with E-state index in [1.54, 1.807) is 31.2 Å². The zero-order chi connectivity index (χ0) is 20.8. The van der Waals surface area contributed by atoms with Gasteiger partial charge in [-0.3, -0.25) is 0 Å². The maximum Gasteiger partial charge on any atom is 0.338 e. The van der Waals surface area contributed by atoms with Crippen LogP contribution in [0.4, 0.5) is 0 Å². The van der Waals surface area contributed by atoms with E-state index in [-0.39, 0.29) is 0 Å². The van der Waals surface area contributed by atoms with Gasteiger partial charge in [0.05, 0.1) is 0 Å². The van der Waals surface area contributed by atoms with Gasteiger partial charge in [-0.05, 0) is 53.4 Å². The van der Waals surface area contributed by atoms with Gasteiger partial charge in [0.1, 0.15) is 11.5 Å². The number of rotatable bonds is 6. The highest BCUT2D eigenvalue weighted by Gasteiger charge is 2.06. The molecular formula is C25H20O4. The Hall–Kier alpha value is -3.92. The molecule has 0 aliphatic heterocycles. The molecule has 0 heterocycles. The molecule has 3 aromatic rings. The third kappa shape index (κ3) is 5.08. The first-order chi connectivity index (χ1) is 14.0. The molecule has 0 unspecified atom stereocenters. The van der Waals surface area contributed by atoms with E-state index in [1.807, 2.05) is 48.5 Å². The van der Waals surface area contributed by atoms with Gasteiger partial charge in [0.15, 0.2) is 0 Å². The molecule has 4 heteroatoms. The molecule has 0 saturated carbocycles. The van der Waals surface area contributed by atoms with Crippen LogP contribution in [-0.4, -0.2) is 11.9 Å². The molecule has 0 spiro atoms. The van der Waals surface area contributed by atoms with Crippen molar-refractivity contribution >= 4 is 11.9 Å². The van der Waals surface area contributed by atoms with Crippen molar-refractivity contribution in [3.8, 4) is 33.8 Å². The number of ether oxygens (including phenoxy) is 2. The molecule has 0 bridgehead atoms. The maximum atomic E-state index is 11.6.